The number of hydrogen-bond donors (Lipinski definition) is 2. The van der Waals surface area contributed by atoms with Crippen molar-refractivity contribution in [3.63, 3.8) is 0 Å². The van der Waals surface area contributed by atoms with Crippen molar-refractivity contribution in [3.8, 4) is 0 Å². The number of hydrogen-bond acceptors (Lipinski definition) is 4. The number of nitrogens with zero attached hydrogens (tertiary/aromatic N) is 1. The van der Waals surface area contributed by atoms with Crippen molar-refractivity contribution in [2.24, 2.45) is 0 Å². The minimum Gasteiger partial charge on any atom is -0.399 e. The zero-order valence-electron chi connectivity index (χ0n) is 10.4. The summed E-state index contributed by atoms with van der Waals surface area (Å²) >= 11 is 5.84. The van der Waals surface area contributed by atoms with E-state index in [1.54, 1.807) is 13.0 Å². The van der Waals surface area contributed by atoms with E-state index in [4.69, 9.17) is 17.3 Å². The number of benzene rings is 1. The lowest BCUT2D eigenvalue weighted by Gasteiger charge is -2.12. The Balaban J connectivity index is 2.46. The van der Waals surface area contributed by atoms with Gasteiger partial charge in [0.2, 0.25) is 0 Å². The Hall–Kier alpha value is -1.86. The predicted octanol–water partition coefficient (Wildman–Crippen LogP) is 2.57. The summed E-state index contributed by atoms with van der Waals surface area (Å²) in [5.74, 6) is -0.935. The lowest BCUT2D eigenvalue weighted by molar-refractivity contribution is 0.571. The van der Waals surface area contributed by atoms with E-state index in [1.807, 2.05) is 0 Å². The van der Waals surface area contributed by atoms with Crippen LogP contribution in [0, 0.1) is 12.7 Å². The lowest BCUT2D eigenvalue weighted by atomic mass is 10.3. The van der Waals surface area contributed by atoms with Crippen LogP contribution in [0.3, 0.4) is 0 Å². The number of anilines is 2. The van der Waals surface area contributed by atoms with E-state index in [-0.39, 0.29) is 16.5 Å². The summed E-state index contributed by atoms with van der Waals surface area (Å²) in [5.41, 5.74) is 6.21. The van der Waals surface area contributed by atoms with Crippen molar-refractivity contribution in [1.82, 2.24) is 4.98 Å². The first-order valence-corrected chi connectivity index (χ1v) is 7.36. The molecular weight excluding hydrogens is 305 g/mol. The number of nitrogen functional groups attached to an aromatic ring is 1. The second kappa shape index (κ2) is 5.26. The van der Waals surface area contributed by atoms with E-state index in [1.165, 1.54) is 12.3 Å². The number of nitrogens with one attached hydrogen (secondary N) is 1. The number of aryl methyl sites for hydroxylation is 1. The molecular formula is C12H11ClFN3O2S. The van der Waals surface area contributed by atoms with Crippen LogP contribution in [0.25, 0.3) is 0 Å². The summed E-state index contributed by atoms with van der Waals surface area (Å²) in [6, 6.07) is 4.91. The molecule has 0 aliphatic heterocycles. The molecule has 1 aromatic carbocycles. The van der Waals surface area contributed by atoms with Crippen molar-refractivity contribution in [3.05, 3.63) is 47.0 Å². The molecule has 0 radical (unpaired) electrons. The molecule has 0 spiro atoms. The third kappa shape index (κ3) is 2.83. The molecule has 0 saturated carbocycles. The minimum atomic E-state index is -4.11. The molecule has 8 heteroatoms. The van der Waals surface area contributed by atoms with Gasteiger partial charge in [0, 0.05) is 11.9 Å². The molecule has 3 N–H and O–H groups in total. The Morgan fingerprint density at radius 1 is 1.35 bits per heavy atom. The van der Waals surface area contributed by atoms with Crippen LogP contribution in [0.2, 0.25) is 5.15 Å². The Kier molecular flexibility index (Phi) is 3.82. The first kappa shape index (κ1) is 14.5. The van der Waals surface area contributed by atoms with Crippen LogP contribution in [0.15, 0.2) is 35.4 Å². The SMILES string of the molecule is Cc1ccnc(Cl)c1NS(=O)(=O)c1ccc(N)cc1F. The van der Waals surface area contributed by atoms with Gasteiger partial charge in [-0.3, -0.25) is 4.72 Å². The van der Waals surface area contributed by atoms with Gasteiger partial charge in [-0.15, -0.1) is 0 Å². The third-order valence-electron chi connectivity index (χ3n) is 2.59. The van der Waals surface area contributed by atoms with E-state index in [0.717, 1.165) is 12.1 Å². The number of aromatic nitrogens is 1. The second-order valence-electron chi connectivity index (χ2n) is 4.09. The maximum atomic E-state index is 13.7. The molecule has 106 valence electrons. The first-order valence-electron chi connectivity index (χ1n) is 5.50. The van der Waals surface area contributed by atoms with Crippen molar-refractivity contribution >= 4 is 33.0 Å². The van der Waals surface area contributed by atoms with Crippen LogP contribution >= 0.6 is 11.6 Å². The molecule has 2 rings (SSSR count). The van der Waals surface area contributed by atoms with E-state index >= 15 is 0 Å². The molecule has 0 amide bonds. The van der Waals surface area contributed by atoms with Gasteiger partial charge in [0.1, 0.15) is 10.7 Å². The van der Waals surface area contributed by atoms with Crippen LogP contribution in [-0.2, 0) is 10.0 Å². The molecule has 20 heavy (non-hydrogen) atoms. The molecule has 5 nitrogen and oxygen atoms in total. The predicted molar refractivity (Wildman–Crippen MR) is 75.6 cm³/mol. The molecule has 0 unspecified atom stereocenters. The van der Waals surface area contributed by atoms with Gasteiger partial charge in [-0.05, 0) is 36.8 Å². The van der Waals surface area contributed by atoms with Crippen LogP contribution in [-0.4, -0.2) is 13.4 Å². The first-order chi connectivity index (χ1) is 9.31. The summed E-state index contributed by atoms with van der Waals surface area (Å²) < 4.78 is 40.3. The van der Waals surface area contributed by atoms with Crippen molar-refractivity contribution < 1.29 is 12.8 Å². The van der Waals surface area contributed by atoms with Gasteiger partial charge in [-0.1, -0.05) is 11.6 Å². The van der Waals surface area contributed by atoms with Crippen molar-refractivity contribution in [2.45, 2.75) is 11.8 Å². The Morgan fingerprint density at radius 2 is 2.05 bits per heavy atom. The fraction of sp³-hybridized carbons (Fsp3) is 0.0833. The highest BCUT2D eigenvalue weighted by Crippen LogP contribution is 2.27. The lowest BCUT2D eigenvalue weighted by Crippen LogP contribution is -2.16. The summed E-state index contributed by atoms with van der Waals surface area (Å²) in [6.45, 7) is 1.66. The van der Waals surface area contributed by atoms with E-state index in [2.05, 4.69) is 9.71 Å². The van der Waals surface area contributed by atoms with Crippen LogP contribution in [0.1, 0.15) is 5.56 Å². The molecule has 0 aliphatic rings. The van der Waals surface area contributed by atoms with Gasteiger partial charge in [0.05, 0.1) is 5.69 Å². The average Bonchev–Trinajstić information content (AvgIpc) is 2.33. The summed E-state index contributed by atoms with van der Waals surface area (Å²) in [7, 11) is -4.11. The smallest absolute Gasteiger partial charge is 0.264 e. The fourth-order valence-corrected chi connectivity index (χ4v) is 3.08. The van der Waals surface area contributed by atoms with Crippen molar-refractivity contribution in [2.75, 3.05) is 10.5 Å². The van der Waals surface area contributed by atoms with E-state index in [0.29, 0.717) is 5.56 Å². The number of rotatable bonds is 3. The van der Waals surface area contributed by atoms with E-state index in [9.17, 15) is 12.8 Å². The highest BCUT2D eigenvalue weighted by molar-refractivity contribution is 7.92. The van der Waals surface area contributed by atoms with Gasteiger partial charge in [-0.25, -0.2) is 17.8 Å². The Labute approximate surface area is 120 Å². The van der Waals surface area contributed by atoms with Crippen LogP contribution in [0.5, 0.6) is 0 Å². The van der Waals surface area contributed by atoms with Crippen LogP contribution in [0.4, 0.5) is 15.8 Å². The summed E-state index contributed by atoms with van der Waals surface area (Å²) in [5, 5.41) is -0.00979. The minimum absolute atomic E-state index is 0.00979. The number of sulfonamides is 1. The third-order valence-corrected chi connectivity index (χ3v) is 4.26. The van der Waals surface area contributed by atoms with Crippen LogP contribution < -0.4 is 10.5 Å². The summed E-state index contributed by atoms with van der Waals surface area (Å²) in [4.78, 5) is 3.27. The van der Waals surface area contributed by atoms with Gasteiger partial charge in [0.25, 0.3) is 10.0 Å². The molecule has 1 heterocycles. The quantitative estimate of drug-likeness (QED) is 0.673. The number of halogens is 2. The van der Waals surface area contributed by atoms with E-state index < -0.39 is 20.7 Å². The van der Waals surface area contributed by atoms with Gasteiger partial charge < -0.3 is 5.73 Å². The molecule has 0 fully saturated rings. The highest BCUT2D eigenvalue weighted by Gasteiger charge is 2.21. The van der Waals surface area contributed by atoms with Crippen molar-refractivity contribution in [1.29, 1.82) is 0 Å². The van der Waals surface area contributed by atoms with Gasteiger partial charge in [0.15, 0.2) is 5.15 Å². The maximum absolute atomic E-state index is 13.7. The molecule has 1 aromatic heterocycles. The molecule has 2 aromatic rings. The monoisotopic (exact) mass is 315 g/mol. The Morgan fingerprint density at radius 3 is 2.65 bits per heavy atom. The van der Waals surface area contributed by atoms with Gasteiger partial charge >= 0.3 is 0 Å². The normalized spacial score (nSPS) is 11.3. The zero-order valence-corrected chi connectivity index (χ0v) is 12.0. The maximum Gasteiger partial charge on any atom is 0.264 e. The highest BCUT2D eigenvalue weighted by atomic mass is 35.5. The Bertz CT molecular complexity index is 745. The molecule has 0 bridgehead atoms. The van der Waals surface area contributed by atoms with Gasteiger partial charge in [-0.2, -0.15) is 0 Å². The topological polar surface area (TPSA) is 85.1 Å². The zero-order chi connectivity index (χ0) is 14.9. The molecule has 0 aliphatic carbocycles. The number of nitrogens with two attached hydrogens (primary N) is 1. The molecule has 0 saturated heterocycles. The summed E-state index contributed by atoms with van der Waals surface area (Å²) in [6.07, 6.45) is 1.44. The fourth-order valence-electron chi connectivity index (χ4n) is 1.57. The number of pyridine rings is 1. The average molecular weight is 316 g/mol. The largest absolute Gasteiger partial charge is 0.399 e. The standard InChI is InChI=1S/C12H11ClFN3O2S/c1-7-4-5-16-12(13)11(7)17-20(18,19)10-3-2-8(15)6-9(10)14/h2-6,17H,15H2,1H3. The second-order valence-corrected chi connectivity index (χ2v) is 6.10. The molecule has 0 atom stereocenters.